The van der Waals surface area contributed by atoms with Crippen LogP contribution in [0.3, 0.4) is 0 Å². The molecule has 17 heavy (non-hydrogen) atoms. The summed E-state index contributed by atoms with van der Waals surface area (Å²) in [6.07, 6.45) is 1.91. The lowest BCUT2D eigenvalue weighted by atomic mass is 9.85. The maximum absolute atomic E-state index is 12.4. The van der Waals surface area contributed by atoms with Crippen molar-refractivity contribution in [1.29, 1.82) is 0 Å². The van der Waals surface area contributed by atoms with Crippen molar-refractivity contribution in [3.8, 4) is 0 Å². The second-order valence-corrected chi connectivity index (χ2v) is 5.29. The van der Waals surface area contributed by atoms with E-state index in [1.165, 1.54) is 6.42 Å². The summed E-state index contributed by atoms with van der Waals surface area (Å²) >= 11 is 0.923. The zero-order valence-corrected chi connectivity index (χ0v) is 10.2. The largest absolute Gasteiger partial charge is 0.357 e. The normalized spacial score (nSPS) is 25.2. The molecule has 0 radical (unpaired) electrons. The van der Waals surface area contributed by atoms with Gasteiger partial charge < -0.3 is 11.1 Å². The topological polar surface area (TPSA) is 63.8 Å². The van der Waals surface area contributed by atoms with Crippen molar-refractivity contribution in [3.63, 3.8) is 0 Å². The number of hydrogen-bond donors (Lipinski definition) is 2. The van der Waals surface area contributed by atoms with Crippen LogP contribution in [-0.4, -0.2) is 22.8 Å². The first kappa shape index (κ1) is 12.6. The molecule has 0 bridgehead atoms. The third-order valence-corrected chi connectivity index (χ3v) is 4.01. The minimum atomic E-state index is -2.54. The fraction of sp³-hybridized carbons (Fsp3) is 0.800. The Bertz CT molecular complexity index is 358. The molecule has 0 aliphatic heterocycles. The van der Waals surface area contributed by atoms with Gasteiger partial charge in [-0.25, -0.2) is 8.78 Å². The van der Waals surface area contributed by atoms with Crippen LogP contribution in [0.15, 0.2) is 0 Å². The Morgan fingerprint density at radius 1 is 1.35 bits per heavy atom. The smallest absolute Gasteiger partial charge is 0.291 e. The first-order valence-corrected chi connectivity index (χ1v) is 6.60. The zero-order valence-electron chi connectivity index (χ0n) is 9.40. The Balaban J connectivity index is 1.98. The van der Waals surface area contributed by atoms with Crippen molar-refractivity contribution < 1.29 is 8.78 Å². The van der Waals surface area contributed by atoms with Crippen molar-refractivity contribution in [3.05, 3.63) is 5.01 Å². The molecule has 0 amide bonds. The summed E-state index contributed by atoms with van der Waals surface area (Å²) in [5.74, 6) is 0.405. The highest BCUT2D eigenvalue weighted by atomic mass is 32.1. The van der Waals surface area contributed by atoms with Crippen LogP contribution in [0.2, 0.25) is 0 Å². The number of hydrogen-bond acceptors (Lipinski definition) is 5. The van der Waals surface area contributed by atoms with Gasteiger partial charge in [-0.2, -0.15) is 0 Å². The molecule has 1 aliphatic carbocycles. The zero-order chi connectivity index (χ0) is 12.3. The second kappa shape index (κ2) is 5.68. The summed E-state index contributed by atoms with van der Waals surface area (Å²) in [5.41, 5.74) is 5.71. The van der Waals surface area contributed by atoms with E-state index in [0.717, 1.165) is 30.6 Å². The van der Waals surface area contributed by atoms with E-state index < -0.39 is 6.43 Å². The van der Waals surface area contributed by atoms with E-state index in [9.17, 15) is 8.78 Å². The molecule has 1 heterocycles. The standard InChI is InChI=1S/C10H16F2N4S/c11-8(12)9-15-16-10(17-9)14-7-4-2-1-3-6(7)5-13/h6-8H,1-5,13H2,(H,14,16). The summed E-state index contributed by atoms with van der Waals surface area (Å²) in [6, 6.07) is 0.243. The third-order valence-electron chi connectivity index (χ3n) is 3.15. The number of halogens is 2. The van der Waals surface area contributed by atoms with Crippen LogP contribution in [0.25, 0.3) is 0 Å². The summed E-state index contributed by atoms with van der Waals surface area (Å²) in [4.78, 5) is 0. The molecule has 1 fully saturated rings. The fourth-order valence-electron chi connectivity index (χ4n) is 2.22. The van der Waals surface area contributed by atoms with Gasteiger partial charge in [0.25, 0.3) is 6.43 Å². The van der Waals surface area contributed by atoms with Crippen LogP contribution >= 0.6 is 11.3 Å². The van der Waals surface area contributed by atoms with E-state index in [4.69, 9.17) is 5.73 Å². The Morgan fingerprint density at radius 3 is 2.76 bits per heavy atom. The number of nitrogens with zero attached hydrogens (tertiary/aromatic N) is 2. The van der Waals surface area contributed by atoms with Crippen LogP contribution in [0, 0.1) is 5.92 Å². The highest BCUT2D eigenvalue weighted by molar-refractivity contribution is 7.15. The Labute approximate surface area is 103 Å². The molecular formula is C10H16F2N4S. The molecule has 1 aromatic heterocycles. The number of rotatable bonds is 4. The average Bonchev–Trinajstić information content (AvgIpc) is 2.78. The summed E-state index contributed by atoms with van der Waals surface area (Å²) in [7, 11) is 0. The van der Waals surface area contributed by atoms with E-state index in [1.807, 2.05) is 0 Å². The van der Waals surface area contributed by atoms with Crippen molar-refractivity contribution in [1.82, 2.24) is 10.2 Å². The van der Waals surface area contributed by atoms with Gasteiger partial charge in [-0.05, 0) is 25.3 Å². The summed E-state index contributed by atoms with van der Waals surface area (Å²) in [5, 5.41) is 10.6. The summed E-state index contributed by atoms with van der Waals surface area (Å²) < 4.78 is 24.7. The monoisotopic (exact) mass is 262 g/mol. The molecule has 0 saturated heterocycles. The van der Waals surface area contributed by atoms with Gasteiger partial charge in [-0.3, -0.25) is 0 Å². The van der Waals surface area contributed by atoms with Gasteiger partial charge in [0.15, 0.2) is 5.01 Å². The van der Waals surface area contributed by atoms with Gasteiger partial charge in [0.2, 0.25) is 5.13 Å². The van der Waals surface area contributed by atoms with E-state index >= 15 is 0 Å². The predicted molar refractivity (Wildman–Crippen MR) is 63.3 cm³/mol. The minimum Gasteiger partial charge on any atom is -0.357 e. The highest BCUT2D eigenvalue weighted by Crippen LogP contribution is 2.30. The average molecular weight is 262 g/mol. The maximum atomic E-state index is 12.4. The van der Waals surface area contributed by atoms with Crippen LogP contribution < -0.4 is 11.1 Å². The van der Waals surface area contributed by atoms with E-state index in [-0.39, 0.29) is 11.0 Å². The van der Waals surface area contributed by atoms with Crippen molar-refractivity contribution >= 4 is 16.5 Å². The Morgan fingerprint density at radius 2 is 2.12 bits per heavy atom. The van der Waals surface area contributed by atoms with Gasteiger partial charge in [-0.15, -0.1) is 10.2 Å². The van der Waals surface area contributed by atoms with Gasteiger partial charge in [0.1, 0.15) is 0 Å². The molecule has 1 saturated carbocycles. The van der Waals surface area contributed by atoms with Gasteiger partial charge in [-0.1, -0.05) is 24.2 Å². The molecule has 3 N–H and O–H groups in total. The van der Waals surface area contributed by atoms with E-state index in [2.05, 4.69) is 15.5 Å². The first-order valence-electron chi connectivity index (χ1n) is 5.79. The molecule has 2 unspecified atom stereocenters. The van der Waals surface area contributed by atoms with Crippen LogP contribution in [0.4, 0.5) is 13.9 Å². The van der Waals surface area contributed by atoms with Gasteiger partial charge in [0.05, 0.1) is 0 Å². The lowest BCUT2D eigenvalue weighted by Crippen LogP contribution is -2.36. The predicted octanol–water partition coefficient (Wildman–Crippen LogP) is 2.41. The molecular weight excluding hydrogens is 246 g/mol. The third kappa shape index (κ3) is 3.10. The van der Waals surface area contributed by atoms with E-state index in [0.29, 0.717) is 17.6 Å². The molecule has 2 atom stereocenters. The first-order chi connectivity index (χ1) is 8.20. The van der Waals surface area contributed by atoms with Crippen LogP contribution in [-0.2, 0) is 0 Å². The number of nitrogens with one attached hydrogen (secondary N) is 1. The lowest BCUT2D eigenvalue weighted by molar-refractivity contribution is 0.150. The number of anilines is 1. The fourth-order valence-corrected chi connectivity index (χ4v) is 2.88. The molecule has 2 rings (SSSR count). The van der Waals surface area contributed by atoms with Gasteiger partial charge in [0, 0.05) is 6.04 Å². The Kier molecular flexibility index (Phi) is 4.22. The number of nitrogens with two attached hydrogens (primary N) is 1. The highest BCUT2D eigenvalue weighted by Gasteiger charge is 2.25. The Hall–Kier alpha value is -0.820. The molecule has 4 nitrogen and oxygen atoms in total. The molecule has 96 valence electrons. The van der Waals surface area contributed by atoms with Gasteiger partial charge >= 0.3 is 0 Å². The maximum Gasteiger partial charge on any atom is 0.291 e. The number of alkyl halides is 2. The molecule has 1 aromatic rings. The summed E-state index contributed by atoms with van der Waals surface area (Å²) in [6.45, 7) is 0.623. The number of aromatic nitrogens is 2. The molecule has 0 spiro atoms. The van der Waals surface area contributed by atoms with Crippen LogP contribution in [0.1, 0.15) is 37.1 Å². The van der Waals surface area contributed by atoms with E-state index in [1.54, 1.807) is 0 Å². The lowest BCUT2D eigenvalue weighted by Gasteiger charge is -2.30. The SMILES string of the molecule is NCC1CCCCC1Nc1nnc(C(F)F)s1. The molecule has 1 aliphatic rings. The van der Waals surface area contributed by atoms with Crippen LogP contribution in [0.5, 0.6) is 0 Å². The molecule has 0 aromatic carbocycles. The second-order valence-electron chi connectivity index (χ2n) is 4.28. The minimum absolute atomic E-state index is 0.229. The molecule has 7 heteroatoms. The van der Waals surface area contributed by atoms with Crippen molar-refractivity contribution in [2.24, 2.45) is 11.7 Å². The van der Waals surface area contributed by atoms with Crippen molar-refractivity contribution in [2.75, 3.05) is 11.9 Å². The van der Waals surface area contributed by atoms with Crippen molar-refractivity contribution in [2.45, 2.75) is 38.2 Å². The quantitative estimate of drug-likeness (QED) is 0.874.